The zero-order chi connectivity index (χ0) is 12.2. The standard InChI is InChI=1S/C12H21NO3/c1-4-16-10(14)7-5-6-9-8-12(2,3)11(15)13-9/h9H,4-8H2,1-3H3,(H,13,15). The van der Waals surface area contributed by atoms with Crippen LogP contribution in [0.5, 0.6) is 0 Å². The molecule has 0 aromatic rings. The molecule has 1 unspecified atom stereocenters. The third-order valence-corrected chi connectivity index (χ3v) is 2.95. The Kier molecular flexibility index (Phi) is 4.33. The van der Waals surface area contributed by atoms with Crippen LogP contribution < -0.4 is 5.32 Å². The normalized spacial score (nSPS) is 22.9. The highest BCUT2D eigenvalue weighted by atomic mass is 16.5. The minimum absolute atomic E-state index is 0.119. The number of nitrogens with one attached hydrogen (secondary N) is 1. The first kappa shape index (κ1) is 13.0. The summed E-state index contributed by atoms with van der Waals surface area (Å²) < 4.78 is 4.84. The molecule has 1 saturated heterocycles. The lowest BCUT2D eigenvalue weighted by Gasteiger charge is -2.12. The van der Waals surface area contributed by atoms with E-state index >= 15 is 0 Å². The molecule has 0 aliphatic carbocycles. The number of hydrogen-bond acceptors (Lipinski definition) is 3. The molecule has 0 spiro atoms. The number of carbonyl (C=O) groups excluding carboxylic acids is 2. The lowest BCUT2D eigenvalue weighted by atomic mass is 9.89. The maximum absolute atomic E-state index is 11.5. The highest BCUT2D eigenvalue weighted by Gasteiger charge is 2.38. The Morgan fingerprint density at radius 2 is 2.25 bits per heavy atom. The van der Waals surface area contributed by atoms with Gasteiger partial charge in [-0.1, -0.05) is 13.8 Å². The Morgan fingerprint density at radius 1 is 1.56 bits per heavy atom. The van der Waals surface area contributed by atoms with E-state index in [1.807, 2.05) is 13.8 Å². The van der Waals surface area contributed by atoms with Gasteiger partial charge in [-0.2, -0.15) is 0 Å². The van der Waals surface area contributed by atoms with Gasteiger partial charge in [0.25, 0.3) is 0 Å². The lowest BCUT2D eigenvalue weighted by molar-refractivity contribution is -0.143. The molecule has 1 N–H and O–H groups in total. The number of hydrogen-bond donors (Lipinski definition) is 1. The van der Waals surface area contributed by atoms with Gasteiger partial charge in [0.05, 0.1) is 6.61 Å². The maximum atomic E-state index is 11.5. The Balaban J connectivity index is 2.21. The van der Waals surface area contributed by atoms with Gasteiger partial charge in [0, 0.05) is 17.9 Å². The van der Waals surface area contributed by atoms with E-state index in [0.717, 1.165) is 19.3 Å². The summed E-state index contributed by atoms with van der Waals surface area (Å²) in [6.45, 7) is 6.14. The second-order valence-corrected chi connectivity index (χ2v) is 4.96. The van der Waals surface area contributed by atoms with Crippen LogP contribution in [-0.4, -0.2) is 24.5 Å². The lowest BCUT2D eigenvalue weighted by Crippen LogP contribution is -2.28. The summed E-state index contributed by atoms with van der Waals surface area (Å²) >= 11 is 0. The van der Waals surface area contributed by atoms with Crippen molar-refractivity contribution in [1.82, 2.24) is 5.32 Å². The monoisotopic (exact) mass is 227 g/mol. The first-order valence-corrected chi connectivity index (χ1v) is 5.92. The van der Waals surface area contributed by atoms with Crippen molar-refractivity contribution < 1.29 is 14.3 Å². The van der Waals surface area contributed by atoms with Crippen molar-refractivity contribution in [3.05, 3.63) is 0 Å². The summed E-state index contributed by atoms with van der Waals surface area (Å²) in [5.41, 5.74) is -0.255. The molecule has 4 nitrogen and oxygen atoms in total. The smallest absolute Gasteiger partial charge is 0.305 e. The van der Waals surface area contributed by atoms with Gasteiger partial charge in [-0.15, -0.1) is 0 Å². The van der Waals surface area contributed by atoms with Crippen molar-refractivity contribution >= 4 is 11.9 Å². The van der Waals surface area contributed by atoms with Crippen LogP contribution in [0, 0.1) is 5.41 Å². The zero-order valence-corrected chi connectivity index (χ0v) is 10.3. The molecular formula is C12H21NO3. The predicted octanol–water partition coefficient (Wildman–Crippen LogP) is 1.63. The van der Waals surface area contributed by atoms with Crippen molar-refractivity contribution in [2.75, 3.05) is 6.61 Å². The van der Waals surface area contributed by atoms with E-state index in [-0.39, 0.29) is 23.3 Å². The van der Waals surface area contributed by atoms with Gasteiger partial charge in [0.1, 0.15) is 0 Å². The Hall–Kier alpha value is -1.06. The van der Waals surface area contributed by atoms with Crippen LogP contribution in [0.1, 0.15) is 46.5 Å². The average Bonchev–Trinajstić information content (AvgIpc) is 2.41. The van der Waals surface area contributed by atoms with E-state index in [2.05, 4.69) is 5.32 Å². The number of amides is 1. The van der Waals surface area contributed by atoms with Crippen molar-refractivity contribution in [1.29, 1.82) is 0 Å². The molecule has 0 radical (unpaired) electrons. The second-order valence-electron chi connectivity index (χ2n) is 4.96. The van der Waals surface area contributed by atoms with Crippen LogP contribution in [-0.2, 0) is 14.3 Å². The van der Waals surface area contributed by atoms with E-state index in [1.165, 1.54) is 0 Å². The van der Waals surface area contributed by atoms with Crippen molar-refractivity contribution in [2.45, 2.75) is 52.5 Å². The van der Waals surface area contributed by atoms with E-state index in [0.29, 0.717) is 13.0 Å². The van der Waals surface area contributed by atoms with Crippen molar-refractivity contribution in [3.8, 4) is 0 Å². The molecule has 0 bridgehead atoms. The van der Waals surface area contributed by atoms with E-state index < -0.39 is 0 Å². The topological polar surface area (TPSA) is 55.4 Å². The summed E-state index contributed by atoms with van der Waals surface area (Å²) in [5, 5.41) is 2.96. The first-order chi connectivity index (χ1) is 7.45. The number of esters is 1. The number of rotatable bonds is 5. The second kappa shape index (κ2) is 5.32. The minimum atomic E-state index is -0.255. The van der Waals surface area contributed by atoms with Gasteiger partial charge in [-0.05, 0) is 26.2 Å². The third kappa shape index (κ3) is 3.51. The average molecular weight is 227 g/mol. The fraction of sp³-hybridized carbons (Fsp3) is 0.833. The van der Waals surface area contributed by atoms with E-state index in [1.54, 1.807) is 6.92 Å². The van der Waals surface area contributed by atoms with Crippen molar-refractivity contribution in [2.24, 2.45) is 5.41 Å². The van der Waals surface area contributed by atoms with Crippen LogP contribution in [0.25, 0.3) is 0 Å². The van der Waals surface area contributed by atoms with E-state index in [4.69, 9.17) is 4.74 Å². The molecule has 1 amide bonds. The van der Waals surface area contributed by atoms with Crippen LogP contribution in [0.4, 0.5) is 0 Å². The van der Waals surface area contributed by atoms with E-state index in [9.17, 15) is 9.59 Å². The van der Waals surface area contributed by atoms with Crippen molar-refractivity contribution in [3.63, 3.8) is 0 Å². The molecule has 4 heteroatoms. The number of carbonyl (C=O) groups is 2. The molecule has 1 fully saturated rings. The third-order valence-electron chi connectivity index (χ3n) is 2.95. The molecule has 16 heavy (non-hydrogen) atoms. The first-order valence-electron chi connectivity index (χ1n) is 5.92. The molecule has 92 valence electrons. The predicted molar refractivity (Wildman–Crippen MR) is 60.8 cm³/mol. The number of ether oxygens (including phenoxy) is 1. The molecule has 1 aliphatic rings. The fourth-order valence-electron chi connectivity index (χ4n) is 2.04. The quantitative estimate of drug-likeness (QED) is 0.726. The molecule has 0 saturated carbocycles. The van der Waals surface area contributed by atoms with Crippen LogP contribution in [0.15, 0.2) is 0 Å². The summed E-state index contributed by atoms with van der Waals surface area (Å²) in [4.78, 5) is 22.6. The summed E-state index contributed by atoms with van der Waals surface area (Å²) in [7, 11) is 0. The van der Waals surface area contributed by atoms with Gasteiger partial charge in [0.15, 0.2) is 0 Å². The summed E-state index contributed by atoms with van der Waals surface area (Å²) in [6.07, 6.45) is 2.93. The molecule has 0 aromatic heterocycles. The Labute approximate surface area is 96.7 Å². The SMILES string of the molecule is CCOC(=O)CCCC1CC(C)(C)C(=O)N1. The van der Waals surface area contributed by atoms with Crippen LogP contribution in [0.2, 0.25) is 0 Å². The Bertz CT molecular complexity index is 273. The minimum Gasteiger partial charge on any atom is -0.466 e. The highest BCUT2D eigenvalue weighted by molar-refractivity contribution is 5.84. The highest BCUT2D eigenvalue weighted by Crippen LogP contribution is 2.30. The molecule has 1 heterocycles. The van der Waals surface area contributed by atoms with Gasteiger partial charge >= 0.3 is 5.97 Å². The largest absolute Gasteiger partial charge is 0.466 e. The molecule has 1 rings (SSSR count). The summed E-state index contributed by atoms with van der Waals surface area (Å²) in [5.74, 6) is -0.0280. The summed E-state index contributed by atoms with van der Waals surface area (Å²) in [6, 6.07) is 0.219. The van der Waals surface area contributed by atoms with Crippen LogP contribution in [0.3, 0.4) is 0 Å². The molecular weight excluding hydrogens is 206 g/mol. The van der Waals surface area contributed by atoms with Gasteiger partial charge in [-0.3, -0.25) is 9.59 Å². The van der Waals surface area contributed by atoms with Gasteiger partial charge < -0.3 is 10.1 Å². The molecule has 1 aliphatic heterocycles. The van der Waals surface area contributed by atoms with Crippen LogP contribution >= 0.6 is 0 Å². The zero-order valence-electron chi connectivity index (χ0n) is 10.3. The molecule has 0 aromatic carbocycles. The molecule has 1 atom stereocenters. The maximum Gasteiger partial charge on any atom is 0.305 e. The van der Waals surface area contributed by atoms with Gasteiger partial charge in [-0.25, -0.2) is 0 Å². The van der Waals surface area contributed by atoms with Gasteiger partial charge in [0.2, 0.25) is 5.91 Å². The Morgan fingerprint density at radius 3 is 2.75 bits per heavy atom. The fourth-order valence-corrected chi connectivity index (χ4v) is 2.04.